The maximum absolute atomic E-state index is 4.00. The van der Waals surface area contributed by atoms with E-state index < -0.39 is 0 Å². The zero-order valence-electron chi connectivity index (χ0n) is 7.36. The van der Waals surface area contributed by atoms with Gasteiger partial charge in [0, 0.05) is 12.6 Å². The van der Waals surface area contributed by atoms with Gasteiger partial charge in [0.1, 0.15) is 0 Å². The van der Waals surface area contributed by atoms with Crippen molar-refractivity contribution in [3.63, 3.8) is 0 Å². The predicted octanol–water partition coefficient (Wildman–Crippen LogP) is 3.13. The number of rotatable bonds is 2. The standard InChI is InChI=1S/C10H12N2/c1-3-10(12-11-2)9-7-5-4-6-8-9/h3-8H,1-2H3/b10-3-,12-11?. The number of nitrogens with zero attached hydrogens (tertiary/aromatic N) is 2. The molecule has 0 saturated carbocycles. The SMILES string of the molecule is C/C=C(\N=NC)c1ccccc1. The number of allylic oxidation sites excluding steroid dienone is 1. The zero-order chi connectivity index (χ0) is 8.81. The Morgan fingerprint density at radius 3 is 2.42 bits per heavy atom. The molecule has 0 N–H and O–H groups in total. The fourth-order valence-electron chi connectivity index (χ4n) is 0.999. The van der Waals surface area contributed by atoms with Crippen LogP contribution in [-0.4, -0.2) is 7.05 Å². The zero-order valence-corrected chi connectivity index (χ0v) is 7.36. The summed E-state index contributed by atoms with van der Waals surface area (Å²) in [6.45, 7) is 1.96. The lowest BCUT2D eigenvalue weighted by molar-refractivity contribution is 1.17. The molecule has 0 atom stereocenters. The summed E-state index contributed by atoms with van der Waals surface area (Å²) in [7, 11) is 1.67. The van der Waals surface area contributed by atoms with Crippen LogP contribution in [-0.2, 0) is 0 Å². The van der Waals surface area contributed by atoms with E-state index in [-0.39, 0.29) is 0 Å². The summed E-state index contributed by atoms with van der Waals surface area (Å²) in [6.07, 6.45) is 1.95. The van der Waals surface area contributed by atoms with Gasteiger partial charge in [-0.05, 0) is 6.92 Å². The number of hydrogen-bond donors (Lipinski definition) is 0. The Hall–Kier alpha value is -1.44. The quantitative estimate of drug-likeness (QED) is 0.594. The molecule has 12 heavy (non-hydrogen) atoms. The molecule has 2 nitrogen and oxygen atoms in total. The molecule has 0 aliphatic heterocycles. The van der Waals surface area contributed by atoms with E-state index in [9.17, 15) is 0 Å². The summed E-state index contributed by atoms with van der Waals surface area (Å²) in [4.78, 5) is 0. The Morgan fingerprint density at radius 2 is 1.92 bits per heavy atom. The Morgan fingerprint density at radius 1 is 1.25 bits per heavy atom. The molecular formula is C10H12N2. The van der Waals surface area contributed by atoms with Crippen molar-refractivity contribution in [1.29, 1.82) is 0 Å². The molecule has 1 rings (SSSR count). The third-order valence-corrected chi connectivity index (χ3v) is 1.55. The van der Waals surface area contributed by atoms with Crippen molar-refractivity contribution in [2.45, 2.75) is 6.92 Å². The van der Waals surface area contributed by atoms with Gasteiger partial charge in [-0.15, -0.1) is 0 Å². The Balaban J connectivity index is 2.97. The van der Waals surface area contributed by atoms with Crippen molar-refractivity contribution in [3.05, 3.63) is 42.0 Å². The molecule has 0 bridgehead atoms. The molecule has 0 amide bonds. The van der Waals surface area contributed by atoms with E-state index >= 15 is 0 Å². The van der Waals surface area contributed by atoms with Crippen LogP contribution in [0.5, 0.6) is 0 Å². The van der Waals surface area contributed by atoms with Gasteiger partial charge >= 0.3 is 0 Å². The van der Waals surface area contributed by atoms with Crippen LogP contribution in [0.4, 0.5) is 0 Å². The number of hydrogen-bond acceptors (Lipinski definition) is 2. The number of azo groups is 1. The predicted molar refractivity (Wildman–Crippen MR) is 50.9 cm³/mol. The highest BCUT2D eigenvalue weighted by molar-refractivity contribution is 5.63. The van der Waals surface area contributed by atoms with Crippen LogP contribution in [0.25, 0.3) is 5.70 Å². The van der Waals surface area contributed by atoms with Crippen LogP contribution in [0.1, 0.15) is 12.5 Å². The highest BCUT2D eigenvalue weighted by atomic mass is 15.1. The van der Waals surface area contributed by atoms with Crippen LogP contribution in [0.15, 0.2) is 46.6 Å². The summed E-state index contributed by atoms with van der Waals surface area (Å²) < 4.78 is 0. The molecular weight excluding hydrogens is 148 g/mol. The van der Waals surface area contributed by atoms with E-state index in [2.05, 4.69) is 10.2 Å². The van der Waals surface area contributed by atoms with Crippen molar-refractivity contribution in [2.24, 2.45) is 10.2 Å². The second kappa shape index (κ2) is 4.44. The highest BCUT2D eigenvalue weighted by Crippen LogP contribution is 2.14. The summed E-state index contributed by atoms with van der Waals surface area (Å²) in [5.74, 6) is 0. The largest absolute Gasteiger partial charge is 0.192 e. The van der Waals surface area contributed by atoms with Crippen LogP contribution >= 0.6 is 0 Å². The number of benzene rings is 1. The second-order valence-corrected chi connectivity index (χ2v) is 2.34. The molecule has 0 saturated heterocycles. The molecule has 0 fully saturated rings. The van der Waals surface area contributed by atoms with Gasteiger partial charge in [0.25, 0.3) is 0 Å². The second-order valence-electron chi connectivity index (χ2n) is 2.34. The maximum Gasteiger partial charge on any atom is 0.0882 e. The molecule has 0 spiro atoms. The van der Waals surface area contributed by atoms with Gasteiger partial charge in [-0.2, -0.15) is 10.2 Å². The topological polar surface area (TPSA) is 24.7 Å². The van der Waals surface area contributed by atoms with Crippen LogP contribution < -0.4 is 0 Å². The third-order valence-electron chi connectivity index (χ3n) is 1.55. The molecule has 0 aromatic heterocycles. The van der Waals surface area contributed by atoms with E-state index in [0.29, 0.717) is 0 Å². The lowest BCUT2D eigenvalue weighted by Gasteiger charge is -1.97. The molecule has 0 unspecified atom stereocenters. The van der Waals surface area contributed by atoms with Gasteiger partial charge in [0.05, 0.1) is 5.70 Å². The molecule has 0 heterocycles. The first-order valence-electron chi connectivity index (χ1n) is 3.90. The Labute approximate surface area is 72.6 Å². The lowest BCUT2D eigenvalue weighted by Crippen LogP contribution is -1.77. The monoisotopic (exact) mass is 160 g/mol. The minimum absolute atomic E-state index is 0.915. The molecule has 0 aliphatic carbocycles. The highest BCUT2D eigenvalue weighted by Gasteiger charge is 1.95. The summed E-state index contributed by atoms with van der Waals surface area (Å²) >= 11 is 0. The van der Waals surface area contributed by atoms with Crippen molar-refractivity contribution in [1.82, 2.24) is 0 Å². The van der Waals surface area contributed by atoms with Crippen LogP contribution in [0, 0.1) is 0 Å². The van der Waals surface area contributed by atoms with Crippen molar-refractivity contribution in [3.8, 4) is 0 Å². The average Bonchev–Trinajstić information content (AvgIpc) is 2.15. The smallest absolute Gasteiger partial charge is 0.0882 e. The average molecular weight is 160 g/mol. The molecule has 2 heteroatoms. The molecule has 62 valence electrons. The van der Waals surface area contributed by atoms with Crippen molar-refractivity contribution in [2.75, 3.05) is 7.05 Å². The fraction of sp³-hybridized carbons (Fsp3) is 0.200. The summed E-state index contributed by atoms with van der Waals surface area (Å²) in [5, 5.41) is 7.74. The molecule has 1 aromatic carbocycles. The first-order valence-corrected chi connectivity index (χ1v) is 3.90. The van der Waals surface area contributed by atoms with Gasteiger partial charge < -0.3 is 0 Å². The normalized spacial score (nSPS) is 12.3. The van der Waals surface area contributed by atoms with Gasteiger partial charge in [-0.1, -0.05) is 36.4 Å². The molecule has 0 aliphatic rings. The minimum atomic E-state index is 0.915. The Bertz CT molecular complexity index is 286. The van der Waals surface area contributed by atoms with E-state index in [1.54, 1.807) is 7.05 Å². The Kier molecular flexibility index (Phi) is 3.20. The van der Waals surface area contributed by atoms with Gasteiger partial charge in [-0.3, -0.25) is 0 Å². The van der Waals surface area contributed by atoms with Crippen LogP contribution in [0.2, 0.25) is 0 Å². The lowest BCUT2D eigenvalue weighted by atomic mass is 10.1. The van der Waals surface area contributed by atoms with E-state index in [1.807, 2.05) is 43.3 Å². The first kappa shape index (κ1) is 8.65. The van der Waals surface area contributed by atoms with Crippen molar-refractivity contribution < 1.29 is 0 Å². The molecule has 0 radical (unpaired) electrons. The van der Waals surface area contributed by atoms with E-state index in [0.717, 1.165) is 11.3 Å². The first-order chi connectivity index (χ1) is 5.88. The fourth-order valence-corrected chi connectivity index (χ4v) is 0.999. The molecule has 1 aromatic rings. The van der Waals surface area contributed by atoms with Gasteiger partial charge in [0.15, 0.2) is 0 Å². The summed E-state index contributed by atoms with van der Waals surface area (Å²) in [5.41, 5.74) is 2.02. The van der Waals surface area contributed by atoms with Gasteiger partial charge in [0.2, 0.25) is 0 Å². The maximum atomic E-state index is 4.00. The van der Waals surface area contributed by atoms with Gasteiger partial charge in [-0.25, -0.2) is 0 Å². The van der Waals surface area contributed by atoms with Crippen molar-refractivity contribution >= 4 is 5.70 Å². The van der Waals surface area contributed by atoms with Crippen LogP contribution in [0.3, 0.4) is 0 Å². The van der Waals surface area contributed by atoms with E-state index in [4.69, 9.17) is 0 Å². The summed E-state index contributed by atoms with van der Waals surface area (Å²) in [6, 6.07) is 10.0. The van der Waals surface area contributed by atoms with E-state index in [1.165, 1.54) is 0 Å². The minimum Gasteiger partial charge on any atom is -0.192 e. The third kappa shape index (κ3) is 2.02.